The Bertz CT molecular complexity index is 1310. The second-order valence-electron chi connectivity index (χ2n) is 11.2. The van der Waals surface area contributed by atoms with Crippen LogP contribution in [0.2, 0.25) is 0 Å². The van der Waals surface area contributed by atoms with Gasteiger partial charge in [0.2, 0.25) is 5.91 Å². The standard InChI is InChI=1S/C29H37N5O2S2/c1-7-34-26(19-8-11-21(12-9-19)36-16-18(2)3)32-33-28(34)37-17-25(35)31-27-23(15-30)22-13-10-20(29(4,5)6)14-24(22)38-27/h8-9,11-12,18,20H,7,10,13-14,16-17H2,1-6H3,(H,31,35). The quantitative estimate of drug-likeness (QED) is 0.294. The van der Waals surface area contributed by atoms with Crippen LogP contribution < -0.4 is 10.1 Å². The number of hydrogen-bond acceptors (Lipinski definition) is 7. The van der Waals surface area contributed by atoms with Crippen LogP contribution in [0.25, 0.3) is 11.4 Å². The van der Waals surface area contributed by atoms with Crippen LogP contribution in [-0.4, -0.2) is 33.0 Å². The molecule has 1 N–H and O–H groups in total. The molecule has 3 aromatic rings. The molecule has 0 aliphatic heterocycles. The molecule has 1 atom stereocenters. The summed E-state index contributed by atoms with van der Waals surface area (Å²) in [6.07, 6.45) is 2.94. The normalized spacial score (nSPS) is 15.3. The lowest BCUT2D eigenvalue weighted by atomic mass is 9.72. The highest BCUT2D eigenvalue weighted by Gasteiger charge is 2.32. The maximum atomic E-state index is 12.9. The number of hydrogen-bond donors (Lipinski definition) is 1. The van der Waals surface area contributed by atoms with Crippen LogP contribution in [0.3, 0.4) is 0 Å². The van der Waals surface area contributed by atoms with Gasteiger partial charge in [-0.2, -0.15) is 5.26 Å². The van der Waals surface area contributed by atoms with E-state index in [1.54, 1.807) is 11.3 Å². The molecular weight excluding hydrogens is 514 g/mol. The molecule has 0 saturated heterocycles. The van der Waals surface area contributed by atoms with Crippen molar-refractivity contribution in [3.05, 3.63) is 40.3 Å². The minimum Gasteiger partial charge on any atom is -0.493 e. The molecule has 1 aliphatic carbocycles. The second-order valence-corrected chi connectivity index (χ2v) is 13.3. The summed E-state index contributed by atoms with van der Waals surface area (Å²) >= 11 is 2.92. The first-order valence-electron chi connectivity index (χ1n) is 13.2. The molecule has 0 saturated carbocycles. The average Bonchev–Trinajstić information content (AvgIpc) is 3.45. The Labute approximate surface area is 234 Å². The fraction of sp³-hybridized carbons (Fsp3) is 0.517. The smallest absolute Gasteiger partial charge is 0.235 e. The SMILES string of the molecule is CCn1c(SCC(=O)Nc2sc3c(c2C#N)CCC(C(C)(C)C)C3)nnc1-c1ccc(OCC(C)C)cc1. The second kappa shape index (κ2) is 11.9. The number of carbonyl (C=O) groups is 1. The zero-order valence-corrected chi connectivity index (χ0v) is 24.8. The molecule has 9 heteroatoms. The molecule has 1 aliphatic rings. The van der Waals surface area contributed by atoms with Crippen molar-refractivity contribution >= 4 is 34.0 Å². The first-order chi connectivity index (χ1) is 18.1. The van der Waals surface area contributed by atoms with Gasteiger partial charge in [-0.25, -0.2) is 0 Å². The third-order valence-electron chi connectivity index (χ3n) is 6.92. The van der Waals surface area contributed by atoms with E-state index in [0.717, 1.165) is 42.0 Å². The summed E-state index contributed by atoms with van der Waals surface area (Å²) < 4.78 is 7.80. The van der Waals surface area contributed by atoms with E-state index >= 15 is 0 Å². The van der Waals surface area contributed by atoms with E-state index in [4.69, 9.17) is 4.74 Å². The maximum absolute atomic E-state index is 12.9. The highest BCUT2D eigenvalue weighted by molar-refractivity contribution is 7.99. The third-order valence-corrected chi connectivity index (χ3v) is 9.05. The lowest BCUT2D eigenvalue weighted by Crippen LogP contribution is -2.26. The van der Waals surface area contributed by atoms with E-state index < -0.39 is 0 Å². The van der Waals surface area contributed by atoms with Gasteiger partial charge in [-0.15, -0.1) is 21.5 Å². The van der Waals surface area contributed by atoms with Crippen molar-refractivity contribution in [3.8, 4) is 23.2 Å². The molecule has 1 amide bonds. The van der Waals surface area contributed by atoms with Gasteiger partial charge in [-0.05, 0) is 73.3 Å². The van der Waals surface area contributed by atoms with Crippen molar-refractivity contribution in [2.45, 2.75) is 72.5 Å². The lowest BCUT2D eigenvalue weighted by molar-refractivity contribution is -0.113. The van der Waals surface area contributed by atoms with Gasteiger partial charge in [0, 0.05) is 17.0 Å². The lowest BCUT2D eigenvalue weighted by Gasteiger charge is -2.33. The van der Waals surface area contributed by atoms with E-state index in [1.807, 2.05) is 35.8 Å². The first-order valence-corrected chi connectivity index (χ1v) is 15.0. The number of carbonyl (C=O) groups excluding carboxylic acids is 1. The number of fused-ring (bicyclic) bond motifs is 1. The van der Waals surface area contributed by atoms with Crippen LogP contribution in [0.5, 0.6) is 5.75 Å². The minimum atomic E-state index is -0.142. The number of ether oxygens (including phenoxy) is 1. The Morgan fingerprint density at radius 2 is 2.03 bits per heavy atom. The molecule has 2 heterocycles. The number of nitrogens with one attached hydrogen (secondary N) is 1. The van der Waals surface area contributed by atoms with Crippen LogP contribution in [-0.2, 0) is 24.2 Å². The van der Waals surface area contributed by atoms with Gasteiger partial charge in [0.1, 0.15) is 16.8 Å². The molecule has 0 fully saturated rings. The van der Waals surface area contributed by atoms with Gasteiger partial charge in [-0.3, -0.25) is 4.79 Å². The summed E-state index contributed by atoms with van der Waals surface area (Å²) in [5, 5.41) is 23.0. The third kappa shape index (κ3) is 6.41. The Hall–Kier alpha value is -2.83. The molecule has 202 valence electrons. The van der Waals surface area contributed by atoms with Crippen molar-refractivity contribution < 1.29 is 9.53 Å². The van der Waals surface area contributed by atoms with Crippen molar-refractivity contribution in [1.29, 1.82) is 5.26 Å². The Kier molecular flexibility index (Phi) is 8.84. The predicted molar refractivity (Wildman–Crippen MR) is 155 cm³/mol. The van der Waals surface area contributed by atoms with Gasteiger partial charge in [-0.1, -0.05) is 46.4 Å². The molecule has 2 aromatic heterocycles. The Balaban J connectivity index is 1.41. The summed E-state index contributed by atoms with van der Waals surface area (Å²) in [4.78, 5) is 14.1. The number of anilines is 1. The van der Waals surface area contributed by atoms with Crippen molar-refractivity contribution in [2.75, 3.05) is 17.7 Å². The number of aromatic nitrogens is 3. The first kappa shape index (κ1) is 28.2. The fourth-order valence-corrected chi connectivity index (χ4v) is 6.78. The van der Waals surface area contributed by atoms with Gasteiger partial charge in [0.25, 0.3) is 0 Å². The zero-order valence-electron chi connectivity index (χ0n) is 23.1. The highest BCUT2D eigenvalue weighted by Crippen LogP contribution is 2.44. The van der Waals surface area contributed by atoms with Crippen molar-refractivity contribution in [2.24, 2.45) is 17.3 Å². The number of amides is 1. The van der Waals surface area contributed by atoms with E-state index in [2.05, 4.69) is 56.2 Å². The largest absolute Gasteiger partial charge is 0.493 e. The predicted octanol–water partition coefficient (Wildman–Crippen LogP) is 6.81. The number of benzene rings is 1. The maximum Gasteiger partial charge on any atom is 0.235 e. The molecule has 0 bridgehead atoms. The van der Waals surface area contributed by atoms with Gasteiger partial charge < -0.3 is 14.6 Å². The highest BCUT2D eigenvalue weighted by atomic mass is 32.2. The summed E-state index contributed by atoms with van der Waals surface area (Å²) in [6, 6.07) is 10.2. The van der Waals surface area contributed by atoms with Gasteiger partial charge in [0.15, 0.2) is 11.0 Å². The Morgan fingerprint density at radius 3 is 2.66 bits per heavy atom. The molecule has 1 aromatic carbocycles. The molecule has 7 nitrogen and oxygen atoms in total. The van der Waals surface area contributed by atoms with E-state index in [9.17, 15) is 10.1 Å². The van der Waals surface area contributed by atoms with Crippen LogP contribution in [0, 0.1) is 28.6 Å². The van der Waals surface area contributed by atoms with Crippen molar-refractivity contribution in [3.63, 3.8) is 0 Å². The minimum absolute atomic E-state index is 0.142. The van der Waals surface area contributed by atoms with E-state index in [1.165, 1.54) is 16.6 Å². The van der Waals surface area contributed by atoms with Crippen LogP contribution >= 0.6 is 23.1 Å². The van der Waals surface area contributed by atoms with Crippen LogP contribution in [0.4, 0.5) is 5.00 Å². The topological polar surface area (TPSA) is 92.8 Å². The summed E-state index contributed by atoms with van der Waals surface area (Å²) in [6.45, 7) is 14.5. The molecule has 0 spiro atoms. The monoisotopic (exact) mass is 551 g/mol. The molecule has 0 radical (unpaired) electrons. The molecular formula is C29H37N5O2S2. The van der Waals surface area contributed by atoms with E-state index in [0.29, 0.717) is 40.7 Å². The molecule has 1 unspecified atom stereocenters. The van der Waals surface area contributed by atoms with Gasteiger partial charge in [0.05, 0.1) is 17.9 Å². The van der Waals surface area contributed by atoms with Crippen molar-refractivity contribution in [1.82, 2.24) is 14.8 Å². The van der Waals surface area contributed by atoms with Gasteiger partial charge >= 0.3 is 0 Å². The number of rotatable bonds is 9. The summed E-state index contributed by atoms with van der Waals surface area (Å²) in [5.74, 6) is 2.69. The number of nitrogens with zero attached hydrogens (tertiary/aromatic N) is 4. The van der Waals surface area contributed by atoms with E-state index in [-0.39, 0.29) is 17.1 Å². The summed E-state index contributed by atoms with van der Waals surface area (Å²) in [5.41, 5.74) is 2.93. The van der Waals surface area contributed by atoms with Crippen LogP contribution in [0.15, 0.2) is 29.4 Å². The van der Waals surface area contributed by atoms with Crippen LogP contribution in [0.1, 0.15) is 64.0 Å². The summed E-state index contributed by atoms with van der Waals surface area (Å²) in [7, 11) is 0. The fourth-order valence-electron chi connectivity index (χ4n) is 4.68. The molecule has 4 rings (SSSR count). The Morgan fingerprint density at radius 1 is 1.29 bits per heavy atom. The zero-order chi connectivity index (χ0) is 27.4. The molecule has 38 heavy (non-hydrogen) atoms. The number of thiophene rings is 1. The average molecular weight is 552 g/mol. The number of thioether (sulfide) groups is 1. The number of nitriles is 1.